The van der Waals surface area contributed by atoms with Gasteiger partial charge in [0.25, 0.3) is 0 Å². The normalized spacial score (nSPS) is 10.8. The van der Waals surface area contributed by atoms with Crippen molar-refractivity contribution in [2.75, 3.05) is 0 Å². The average molecular weight is 339 g/mol. The minimum atomic E-state index is -2.27. The zero-order chi connectivity index (χ0) is 15.5. The quantitative estimate of drug-likeness (QED) is 0.234. The number of aliphatic carboxylic acids is 2. The van der Waals surface area contributed by atoms with Crippen molar-refractivity contribution in [3.63, 3.8) is 0 Å². The Labute approximate surface area is 115 Å². The molecule has 0 aromatic carbocycles. The standard InChI is InChI=1S/C4H6O6.2NO3.Zn/c5-1(3(7)8)2(6)4(9)10;2*2-1(3)4;/h1-2,5-6H,(H,7,8)(H,9,10);;;/q;2*-1;+2. The third kappa shape index (κ3) is 31.3. The molecule has 0 aliphatic rings. The third-order valence-electron chi connectivity index (χ3n) is 0.805. The van der Waals surface area contributed by atoms with Crippen LogP contribution in [-0.4, -0.2) is 54.7 Å². The minimum Gasteiger partial charge on any atom is -0.479 e. The van der Waals surface area contributed by atoms with Crippen LogP contribution in [0.1, 0.15) is 0 Å². The smallest absolute Gasteiger partial charge is 0.479 e. The Morgan fingerprint density at radius 2 is 0.895 bits per heavy atom. The molecule has 0 bridgehead atoms. The van der Waals surface area contributed by atoms with Crippen molar-refractivity contribution in [3.8, 4) is 0 Å². The number of hydrogen-bond acceptors (Lipinski definition) is 10. The van der Waals surface area contributed by atoms with Crippen LogP contribution in [0.2, 0.25) is 0 Å². The number of carboxylic acids is 2. The van der Waals surface area contributed by atoms with Crippen molar-refractivity contribution in [3.05, 3.63) is 30.6 Å². The maximum Gasteiger partial charge on any atom is 2.00 e. The van der Waals surface area contributed by atoms with Gasteiger partial charge in [-0.25, -0.2) is 9.59 Å². The monoisotopic (exact) mass is 338 g/mol. The van der Waals surface area contributed by atoms with Crippen LogP contribution in [0.5, 0.6) is 0 Å². The first-order valence-corrected chi connectivity index (χ1v) is 3.38. The molecule has 106 valence electrons. The summed E-state index contributed by atoms with van der Waals surface area (Å²) in [6.07, 6.45) is -4.53. The van der Waals surface area contributed by atoms with E-state index in [9.17, 15) is 9.59 Å². The Morgan fingerprint density at radius 1 is 0.789 bits per heavy atom. The van der Waals surface area contributed by atoms with Crippen LogP contribution in [0.3, 0.4) is 0 Å². The van der Waals surface area contributed by atoms with Crippen molar-refractivity contribution in [1.29, 1.82) is 0 Å². The fraction of sp³-hybridized carbons (Fsp3) is 0.500. The Morgan fingerprint density at radius 3 is 0.947 bits per heavy atom. The fourth-order valence-corrected chi connectivity index (χ4v) is 0.270. The number of rotatable bonds is 3. The van der Waals surface area contributed by atoms with Gasteiger partial charge in [-0.3, -0.25) is 0 Å². The molecule has 0 rings (SSSR count). The molecule has 0 heterocycles. The molecule has 2 unspecified atom stereocenters. The van der Waals surface area contributed by atoms with E-state index in [1.807, 2.05) is 0 Å². The SMILES string of the molecule is O=C(O)C(O)C(O)C(=O)O.O=[N+]([O-])[O-].O=[N+]([O-])[O-].[Zn+2]. The molecule has 14 nitrogen and oxygen atoms in total. The Balaban J connectivity index is -0.000000105. The van der Waals surface area contributed by atoms with Crippen molar-refractivity contribution < 1.29 is 59.7 Å². The largest absolute Gasteiger partial charge is 2.00 e. The first-order valence-electron chi connectivity index (χ1n) is 3.38. The second kappa shape index (κ2) is 13.9. The Bertz CT molecular complexity index is 268. The molecular weight excluding hydrogens is 333 g/mol. The van der Waals surface area contributed by atoms with Gasteiger partial charge >= 0.3 is 31.4 Å². The summed E-state index contributed by atoms with van der Waals surface area (Å²) < 4.78 is 0. The molecule has 2 atom stereocenters. The van der Waals surface area contributed by atoms with Gasteiger partial charge in [0.2, 0.25) is 0 Å². The van der Waals surface area contributed by atoms with Crippen LogP contribution < -0.4 is 0 Å². The zero-order valence-electron chi connectivity index (χ0n) is 8.81. The van der Waals surface area contributed by atoms with E-state index < -0.39 is 34.3 Å². The second-order valence-electron chi connectivity index (χ2n) is 2.01. The van der Waals surface area contributed by atoms with Gasteiger partial charge in [0.1, 0.15) is 0 Å². The van der Waals surface area contributed by atoms with Crippen molar-refractivity contribution >= 4 is 11.9 Å². The molecule has 0 aromatic heterocycles. The summed E-state index contributed by atoms with van der Waals surface area (Å²) in [6.45, 7) is 0. The number of aliphatic hydroxyl groups excluding tert-OH is 2. The Kier molecular flexibility index (Phi) is 18.8. The summed E-state index contributed by atoms with van der Waals surface area (Å²) in [5, 5.41) is 62.0. The van der Waals surface area contributed by atoms with Gasteiger partial charge in [0.15, 0.2) is 12.2 Å². The number of carboxylic acid groups (broad SMARTS) is 2. The maximum atomic E-state index is 9.77. The predicted octanol–water partition coefficient (Wildman–Crippen LogP) is -2.60. The predicted molar refractivity (Wildman–Crippen MR) is 48.0 cm³/mol. The minimum absolute atomic E-state index is 0. The maximum absolute atomic E-state index is 9.77. The van der Waals surface area contributed by atoms with Gasteiger partial charge in [0, 0.05) is 0 Å². The van der Waals surface area contributed by atoms with Gasteiger partial charge in [0.05, 0.1) is 10.2 Å². The second-order valence-corrected chi connectivity index (χ2v) is 2.01. The summed E-state index contributed by atoms with van der Waals surface area (Å²) in [4.78, 5) is 36.0. The summed E-state index contributed by atoms with van der Waals surface area (Å²) in [6, 6.07) is 0. The molecule has 0 saturated carbocycles. The summed E-state index contributed by atoms with van der Waals surface area (Å²) in [5.41, 5.74) is 0. The Hall–Kier alpha value is -2.12. The van der Waals surface area contributed by atoms with Crippen molar-refractivity contribution in [1.82, 2.24) is 0 Å². The van der Waals surface area contributed by atoms with E-state index >= 15 is 0 Å². The van der Waals surface area contributed by atoms with Gasteiger partial charge in [-0.1, -0.05) is 0 Å². The molecule has 0 saturated heterocycles. The van der Waals surface area contributed by atoms with Gasteiger partial charge < -0.3 is 51.1 Å². The average Bonchev–Trinajstić information content (AvgIpc) is 2.13. The topological polar surface area (TPSA) is 247 Å². The molecule has 0 amide bonds. The molecular formula is C4H6N2O12Zn. The van der Waals surface area contributed by atoms with E-state index in [4.69, 9.17) is 51.1 Å². The fourth-order valence-electron chi connectivity index (χ4n) is 0.270. The third-order valence-corrected chi connectivity index (χ3v) is 0.805. The molecule has 0 radical (unpaired) electrons. The van der Waals surface area contributed by atoms with E-state index in [1.54, 1.807) is 0 Å². The first-order chi connectivity index (χ1) is 7.93. The van der Waals surface area contributed by atoms with Crippen LogP contribution in [0.4, 0.5) is 0 Å². The van der Waals surface area contributed by atoms with E-state index in [-0.39, 0.29) is 19.5 Å². The van der Waals surface area contributed by atoms with E-state index in [2.05, 4.69) is 0 Å². The van der Waals surface area contributed by atoms with Gasteiger partial charge in [-0.15, -0.1) is 0 Å². The van der Waals surface area contributed by atoms with Gasteiger partial charge in [-0.05, 0) is 0 Å². The van der Waals surface area contributed by atoms with Crippen LogP contribution in [0.25, 0.3) is 0 Å². The summed E-state index contributed by atoms with van der Waals surface area (Å²) in [5.74, 6) is -3.54. The molecule has 0 aliphatic heterocycles. The molecule has 0 fully saturated rings. The number of aliphatic hydroxyl groups is 2. The number of hydrogen-bond donors (Lipinski definition) is 4. The first kappa shape index (κ1) is 25.7. The zero-order valence-corrected chi connectivity index (χ0v) is 11.8. The van der Waals surface area contributed by atoms with E-state index in [0.717, 1.165) is 0 Å². The number of carbonyl (C=O) groups is 2. The summed E-state index contributed by atoms with van der Waals surface area (Å²) in [7, 11) is 0. The number of nitrogens with zero attached hydrogens (tertiary/aromatic N) is 2. The van der Waals surface area contributed by atoms with Gasteiger partial charge in [-0.2, -0.15) is 0 Å². The van der Waals surface area contributed by atoms with Crippen molar-refractivity contribution in [2.45, 2.75) is 12.2 Å². The molecule has 4 N–H and O–H groups in total. The van der Waals surface area contributed by atoms with Crippen LogP contribution in [0.15, 0.2) is 0 Å². The van der Waals surface area contributed by atoms with Crippen LogP contribution >= 0.6 is 0 Å². The van der Waals surface area contributed by atoms with Crippen molar-refractivity contribution in [2.24, 2.45) is 0 Å². The molecule has 0 spiro atoms. The van der Waals surface area contributed by atoms with E-state index in [0.29, 0.717) is 0 Å². The molecule has 0 aromatic rings. The van der Waals surface area contributed by atoms with E-state index in [1.165, 1.54) is 0 Å². The molecule has 0 aliphatic carbocycles. The van der Waals surface area contributed by atoms with Crippen LogP contribution in [0, 0.1) is 30.6 Å². The molecule has 15 heteroatoms. The molecule has 19 heavy (non-hydrogen) atoms. The summed E-state index contributed by atoms with van der Waals surface area (Å²) >= 11 is 0. The van der Waals surface area contributed by atoms with Crippen LogP contribution in [-0.2, 0) is 29.1 Å².